The van der Waals surface area contributed by atoms with E-state index in [1.807, 2.05) is 0 Å². The van der Waals surface area contributed by atoms with Crippen LogP contribution in [0.1, 0.15) is 18.9 Å². The van der Waals surface area contributed by atoms with Crippen LogP contribution < -0.4 is 4.90 Å². The van der Waals surface area contributed by atoms with Gasteiger partial charge in [0.2, 0.25) is 5.91 Å². The lowest BCUT2D eigenvalue weighted by Crippen LogP contribution is -2.25. The molecule has 0 aliphatic carbocycles. The number of benzene rings is 1. The first-order chi connectivity index (χ1) is 8.61. The largest absolute Gasteiger partial charge is 0.310 e. The molecule has 0 N–H and O–H groups in total. The number of nitrogens with zero attached hydrogens (tertiary/aromatic N) is 2. The summed E-state index contributed by atoms with van der Waals surface area (Å²) in [7, 11) is 0. The fourth-order valence-corrected chi connectivity index (χ4v) is 2.94. The molecule has 1 unspecified atom stereocenters. The summed E-state index contributed by atoms with van der Waals surface area (Å²) in [6.45, 7) is 1.99. The summed E-state index contributed by atoms with van der Waals surface area (Å²) >= 11 is 1.19. The Morgan fingerprint density at radius 2 is 2.22 bits per heavy atom. The van der Waals surface area contributed by atoms with E-state index < -0.39 is 0 Å². The Kier molecular flexibility index (Phi) is 3.68. The summed E-state index contributed by atoms with van der Waals surface area (Å²) in [5, 5.41) is 9.03. The molecule has 1 fully saturated rings. The van der Waals surface area contributed by atoms with Crippen molar-refractivity contribution in [1.29, 1.82) is 5.26 Å². The first kappa shape index (κ1) is 12.7. The third-order valence-corrected chi connectivity index (χ3v) is 3.72. The number of rotatable bonds is 2. The van der Waals surface area contributed by atoms with Gasteiger partial charge < -0.3 is 4.90 Å². The molecule has 0 aromatic heterocycles. The van der Waals surface area contributed by atoms with E-state index in [9.17, 15) is 9.59 Å². The van der Waals surface area contributed by atoms with Crippen molar-refractivity contribution in [1.82, 2.24) is 0 Å². The number of amides is 1. The molecule has 4 nitrogen and oxygen atoms in total. The highest BCUT2D eigenvalue weighted by atomic mass is 32.2. The van der Waals surface area contributed by atoms with Gasteiger partial charge in [-0.2, -0.15) is 5.26 Å². The van der Waals surface area contributed by atoms with Crippen LogP contribution in [0.15, 0.2) is 24.3 Å². The van der Waals surface area contributed by atoms with Gasteiger partial charge >= 0.3 is 0 Å². The van der Waals surface area contributed by atoms with Gasteiger partial charge in [0.1, 0.15) is 6.07 Å². The lowest BCUT2D eigenvalue weighted by Gasteiger charge is -2.17. The molecule has 18 heavy (non-hydrogen) atoms. The second kappa shape index (κ2) is 5.23. The number of hydrogen-bond donors (Lipinski definition) is 0. The molecule has 1 aromatic carbocycles. The predicted molar refractivity (Wildman–Crippen MR) is 70.2 cm³/mol. The van der Waals surface area contributed by atoms with Gasteiger partial charge in [-0.1, -0.05) is 23.9 Å². The number of anilines is 1. The molecule has 1 amide bonds. The Bertz CT molecular complexity index is 536. The molecule has 5 heteroatoms. The van der Waals surface area contributed by atoms with E-state index >= 15 is 0 Å². The van der Waals surface area contributed by atoms with Crippen LogP contribution in [-0.2, 0) is 9.59 Å². The van der Waals surface area contributed by atoms with Crippen LogP contribution in [0.2, 0.25) is 0 Å². The van der Waals surface area contributed by atoms with Crippen LogP contribution in [-0.4, -0.2) is 22.8 Å². The third kappa shape index (κ3) is 2.54. The van der Waals surface area contributed by atoms with Gasteiger partial charge in [0, 0.05) is 25.1 Å². The molecule has 1 atom stereocenters. The molecule has 1 aromatic rings. The lowest BCUT2D eigenvalue weighted by atomic mass is 10.2. The number of thioether (sulfide) groups is 1. The lowest BCUT2D eigenvalue weighted by molar-refractivity contribution is -0.117. The minimum absolute atomic E-state index is 0.0123. The first-order valence-corrected chi connectivity index (χ1v) is 6.46. The molecule has 1 heterocycles. The zero-order valence-electron chi connectivity index (χ0n) is 9.92. The van der Waals surface area contributed by atoms with Gasteiger partial charge in [-0.15, -0.1) is 0 Å². The smallest absolute Gasteiger partial charge is 0.228 e. The normalized spacial score (nSPS) is 18.8. The number of nitriles is 1. The van der Waals surface area contributed by atoms with Gasteiger partial charge in [-0.3, -0.25) is 9.59 Å². The number of hydrogen-bond acceptors (Lipinski definition) is 4. The van der Waals surface area contributed by atoms with E-state index in [4.69, 9.17) is 5.26 Å². The van der Waals surface area contributed by atoms with E-state index in [1.54, 1.807) is 29.2 Å². The Morgan fingerprint density at radius 3 is 2.89 bits per heavy atom. The summed E-state index contributed by atoms with van der Waals surface area (Å²) in [6.07, 6.45) is 0.351. The molecule has 0 spiro atoms. The fraction of sp³-hybridized carbons (Fsp3) is 0.308. The quantitative estimate of drug-likeness (QED) is 0.815. The van der Waals surface area contributed by atoms with Crippen molar-refractivity contribution in [2.24, 2.45) is 0 Å². The molecule has 2 rings (SSSR count). The van der Waals surface area contributed by atoms with E-state index in [2.05, 4.69) is 6.07 Å². The molecule has 0 radical (unpaired) electrons. The van der Waals surface area contributed by atoms with Gasteiger partial charge in [0.15, 0.2) is 5.12 Å². The highest BCUT2D eigenvalue weighted by molar-refractivity contribution is 8.14. The summed E-state index contributed by atoms with van der Waals surface area (Å²) in [4.78, 5) is 24.6. The van der Waals surface area contributed by atoms with E-state index in [1.165, 1.54) is 18.7 Å². The minimum Gasteiger partial charge on any atom is -0.310 e. The average Bonchev–Trinajstić information content (AvgIpc) is 2.69. The minimum atomic E-state index is -0.0311. The van der Waals surface area contributed by atoms with Crippen molar-refractivity contribution in [3.05, 3.63) is 29.8 Å². The van der Waals surface area contributed by atoms with Crippen molar-refractivity contribution < 1.29 is 9.59 Å². The molecule has 0 bridgehead atoms. The second-order valence-electron chi connectivity index (χ2n) is 4.07. The standard InChI is InChI=1S/C13H12N2O2S/c1-9(16)18-11-6-13(17)15(8-11)12-5-3-2-4-10(12)7-14/h2-5,11H,6,8H2,1H3. The maximum absolute atomic E-state index is 11.9. The topological polar surface area (TPSA) is 61.2 Å². The number of carbonyl (C=O) groups excluding carboxylic acids is 2. The van der Waals surface area contributed by atoms with Crippen molar-refractivity contribution in [3.63, 3.8) is 0 Å². The Balaban J connectivity index is 2.22. The highest BCUT2D eigenvalue weighted by Gasteiger charge is 2.32. The molecule has 0 saturated carbocycles. The zero-order chi connectivity index (χ0) is 13.1. The summed E-state index contributed by atoms with van der Waals surface area (Å²) in [6, 6.07) is 9.10. The number of para-hydroxylation sites is 1. The molecule has 1 saturated heterocycles. The van der Waals surface area contributed by atoms with Crippen molar-refractivity contribution in [3.8, 4) is 6.07 Å². The van der Waals surface area contributed by atoms with E-state index in [-0.39, 0.29) is 16.3 Å². The van der Waals surface area contributed by atoms with Crippen LogP contribution in [0.5, 0.6) is 0 Å². The van der Waals surface area contributed by atoms with Crippen LogP contribution in [0, 0.1) is 11.3 Å². The molecule has 1 aliphatic rings. The molecular weight excluding hydrogens is 248 g/mol. The van der Waals surface area contributed by atoms with E-state index in [0.29, 0.717) is 24.2 Å². The first-order valence-electron chi connectivity index (χ1n) is 5.58. The van der Waals surface area contributed by atoms with Crippen LogP contribution in [0.4, 0.5) is 5.69 Å². The van der Waals surface area contributed by atoms with Crippen molar-refractivity contribution in [2.45, 2.75) is 18.6 Å². The maximum atomic E-state index is 11.9. The van der Waals surface area contributed by atoms with Crippen LogP contribution >= 0.6 is 11.8 Å². The summed E-state index contributed by atoms with van der Waals surface area (Å²) in [5.74, 6) is -0.0311. The predicted octanol–water partition coefficient (Wildman–Crippen LogP) is 1.94. The average molecular weight is 260 g/mol. The summed E-state index contributed by atoms with van der Waals surface area (Å²) in [5.41, 5.74) is 1.12. The molecule has 92 valence electrons. The van der Waals surface area contributed by atoms with Crippen LogP contribution in [0.25, 0.3) is 0 Å². The highest BCUT2D eigenvalue weighted by Crippen LogP contribution is 2.30. The monoisotopic (exact) mass is 260 g/mol. The van der Waals surface area contributed by atoms with Crippen molar-refractivity contribution in [2.75, 3.05) is 11.4 Å². The fourth-order valence-electron chi connectivity index (χ4n) is 2.02. The Morgan fingerprint density at radius 1 is 1.50 bits per heavy atom. The Hall–Kier alpha value is -1.80. The SMILES string of the molecule is CC(=O)SC1CC(=O)N(c2ccccc2C#N)C1. The van der Waals surface area contributed by atoms with E-state index in [0.717, 1.165) is 0 Å². The van der Waals surface area contributed by atoms with Gasteiger partial charge in [-0.25, -0.2) is 0 Å². The zero-order valence-corrected chi connectivity index (χ0v) is 10.7. The molecular formula is C13H12N2O2S. The number of carbonyl (C=O) groups is 2. The van der Waals surface area contributed by atoms with Gasteiger partial charge in [-0.05, 0) is 12.1 Å². The summed E-state index contributed by atoms with van der Waals surface area (Å²) < 4.78 is 0. The molecule has 1 aliphatic heterocycles. The maximum Gasteiger partial charge on any atom is 0.228 e. The van der Waals surface area contributed by atoms with Crippen molar-refractivity contribution >= 4 is 28.5 Å². The third-order valence-electron chi connectivity index (χ3n) is 2.74. The second-order valence-corrected chi connectivity index (χ2v) is 5.55. The van der Waals surface area contributed by atoms with Gasteiger partial charge in [0.05, 0.1) is 11.3 Å². The van der Waals surface area contributed by atoms with Gasteiger partial charge in [0.25, 0.3) is 0 Å². The van der Waals surface area contributed by atoms with Crippen LogP contribution in [0.3, 0.4) is 0 Å². The Labute approximate surface area is 110 Å².